The van der Waals surface area contributed by atoms with Gasteiger partial charge in [0, 0.05) is 31.2 Å². The Morgan fingerprint density at radius 1 is 1.29 bits per heavy atom. The molecule has 1 aromatic carbocycles. The molecule has 2 heterocycles. The normalized spacial score (nSPS) is 24.9. The summed E-state index contributed by atoms with van der Waals surface area (Å²) >= 11 is 0. The predicted molar refractivity (Wildman–Crippen MR) is 94.6 cm³/mol. The fourth-order valence-electron chi connectivity index (χ4n) is 4.08. The maximum absolute atomic E-state index is 13.1. The molecule has 0 bridgehead atoms. The van der Waals surface area contributed by atoms with E-state index in [9.17, 15) is 13.2 Å². The van der Waals surface area contributed by atoms with Crippen LogP contribution in [-0.2, 0) is 21.2 Å². The smallest absolute Gasteiger partial charge is 0.243 e. The minimum absolute atomic E-state index is 0.000986. The number of piperidine rings is 1. The lowest BCUT2D eigenvalue weighted by molar-refractivity contribution is -0.116. The van der Waals surface area contributed by atoms with Gasteiger partial charge in [0.1, 0.15) is 0 Å². The molecule has 5 nitrogen and oxygen atoms in total. The molecule has 2 aliphatic rings. The van der Waals surface area contributed by atoms with Crippen molar-refractivity contribution in [3.8, 4) is 0 Å². The van der Waals surface area contributed by atoms with Crippen molar-refractivity contribution in [1.82, 2.24) is 4.31 Å². The van der Waals surface area contributed by atoms with Gasteiger partial charge in [0.2, 0.25) is 15.9 Å². The number of fused-ring (bicyclic) bond motifs is 1. The number of rotatable bonds is 3. The molecule has 2 atom stereocenters. The number of sulfonamides is 1. The summed E-state index contributed by atoms with van der Waals surface area (Å²) in [6.07, 6.45) is 4.51. The monoisotopic (exact) mass is 350 g/mol. The molecule has 1 amide bonds. The van der Waals surface area contributed by atoms with Crippen molar-refractivity contribution < 1.29 is 13.2 Å². The van der Waals surface area contributed by atoms with Crippen molar-refractivity contribution in [2.45, 2.75) is 69.9 Å². The highest BCUT2D eigenvalue weighted by molar-refractivity contribution is 7.89. The number of nitrogens with zero attached hydrogens (tertiary/aromatic N) is 2. The van der Waals surface area contributed by atoms with Crippen molar-refractivity contribution in [3.63, 3.8) is 0 Å². The number of carbonyl (C=O) groups excluding carboxylic acids is 1. The molecule has 0 aromatic heterocycles. The third-order valence-corrected chi connectivity index (χ3v) is 7.20. The van der Waals surface area contributed by atoms with E-state index in [1.807, 2.05) is 13.8 Å². The number of carbonyl (C=O) groups is 1. The van der Waals surface area contributed by atoms with E-state index in [1.54, 1.807) is 34.3 Å². The van der Waals surface area contributed by atoms with E-state index in [2.05, 4.69) is 0 Å². The zero-order valence-electron chi connectivity index (χ0n) is 14.7. The van der Waals surface area contributed by atoms with Crippen LogP contribution < -0.4 is 4.90 Å². The topological polar surface area (TPSA) is 57.7 Å². The zero-order valence-corrected chi connectivity index (χ0v) is 15.5. The van der Waals surface area contributed by atoms with Gasteiger partial charge in [0.25, 0.3) is 0 Å². The van der Waals surface area contributed by atoms with Gasteiger partial charge in [-0.25, -0.2) is 8.42 Å². The summed E-state index contributed by atoms with van der Waals surface area (Å²) in [5.74, 6) is -0.000986. The number of hydrogen-bond acceptors (Lipinski definition) is 3. The van der Waals surface area contributed by atoms with Crippen LogP contribution in [0.1, 0.15) is 52.0 Å². The van der Waals surface area contributed by atoms with E-state index in [4.69, 9.17) is 0 Å². The summed E-state index contributed by atoms with van der Waals surface area (Å²) in [5.41, 5.74) is 1.79. The van der Waals surface area contributed by atoms with Crippen molar-refractivity contribution in [1.29, 1.82) is 0 Å². The molecule has 0 radical (unpaired) electrons. The summed E-state index contributed by atoms with van der Waals surface area (Å²) in [6, 6.07) is 5.39. The molecule has 1 saturated heterocycles. The third kappa shape index (κ3) is 2.86. The largest absolute Gasteiger partial charge is 0.309 e. The molecule has 1 fully saturated rings. The number of anilines is 1. The van der Waals surface area contributed by atoms with Gasteiger partial charge in [-0.05, 0) is 56.4 Å². The van der Waals surface area contributed by atoms with Crippen molar-refractivity contribution in [3.05, 3.63) is 23.8 Å². The first-order chi connectivity index (χ1) is 11.4. The second-order valence-electron chi connectivity index (χ2n) is 6.91. The highest BCUT2D eigenvalue weighted by Crippen LogP contribution is 2.35. The first-order valence-electron chi connectivity index (χ1n) is 8.80. The first-order valence-corrected chi connectivity index (χ1v) is 10.2. The van der Waals surface area contributed by atoms with E-state index in [-0.39, 0.29) is 18.0 Å². The Morgan fingerprint density at radius 2 is 2.04 bits per heavy atom. The molecular formula is C18H26N2O3S. The number of benzene rings is 1. The Morgan fingerprint density at radius 3 is 2.71 bits per heavy atom. The Labute approximate surface area is 144 Å². The molecular weight excluding hydrogens is 324 g/mol. The minimum atomic E-state index is -3.47. The quantitative estimate of drug-likeness (QED) is 0.842. The minimum Gasteiger partial charge on any atom is -0.309 e. The van der Waals surface area contributed by atoms with Crippen molar-refractivity contribution in [2.24, 2.45) is 0 Å². The van der Waals surface area contributed by atoms with Crippen LogP contribution in [0.3, 0.4) is 0 Å². The van der Waals surface area contributed by atoms with E-state index in [1.165, 1.54) is 0 Å². The lowest BCUT2D eigenvalue weighted by Crippen LogP contribution is -2.43. The number of amides is 1. The van der Waals surface area contributed by atoms with Gasteiger partial charge in [0.05, 0.1) is 4.90 Å². The predicted octanol–water partition coefficient (Wildman–Crippen LogP) is 2.94. The van der Waals surface area contributed by atoms with Crippen LogP contribution in [0.15, 0.2) is 23.1 Å². The SMILES string of the molecule is CCC1CCCCN1S(=O)(=O)c1ccc2c(c1)CC(C)N2C(C)=O. The maximum atomic E-state index is 13.1. The summed E-state index contributed by atoms with van der Waals surface area (Å²) < 4.78 is 27.9. The van der Waals surface area contributed by atoms with Crippen LogP contribution in [0, 0.1) is 0 Å². The molecule has 0 saturated carbocycles. The molecule has 0 N–H and O–H groups in total. The van der Waals surface area contributed by atoms with Crippen molar-refractivity contribution >= 4 is 21.6 Å². The van der Waals surface area contributed by atoms with Gasteiger partial charge in [-0.2, -0.15) is 4.31 Å². The highest BCUT2D eigenvalue weighted by atomic mass is 32.2. The summed E-state index contributed by atoms with van der Waals surface area (Å²) in [7, 11) is -3.47. The second kappa shape index (κ2) is 6.48. The van der Waals surface area contributed by atoms with Gasteiger partial charge < -0.3 is 4.90 Å². The van der Waals surface area contributed by atoms with E-state index < -0.39 is 10.0 Å². The summed E-state index contributed by atoms with van der Waals surface area (Å²) in [5, 5.41) is 0. The lowest BCUT2D eigenvalue weighted by atomic mass is 10.0. The van der Waals surface area contributed by atoms with Gasteiger partial charge in [-0.3, -0.25) is 4.79 Å². The Hall–Kier alpha value is -1.40. The van der Waals surface area contributed by atoms with Crippen LogP contribution in [0.2, 0.25) is 0 Å². The Bertz CT molecular complexity index is 745. The molecule has 2 unspecified atom stereocenters. The fraction of sp³-hybridized carbons (Fsp3) is 0.611. The fourth-order valence-corrected chi connectivity index (χ4v) is 5.90. The second-order valence-corrected chi connectivity index (χ2v) is 8.80. The third-order valence-electron chi connectivity index (χ3n) is 5.26. The maximum Gasteiger partial charge on any atom is 0.243 e. The van der Waals surface area contributed by atoms with Crippen LogP contribution in [0.5, 0.6) is 0 Å². The Kier molecular flexibility index (Phi) is 4.71. The van der Waals surface area contributed by atoms with Crippen LogP contribution >= 0.6 is 0 Å². The zero-order chi connectivity index (χ0) is 17.5. The summed E-state index contributed by atoms with van der Waals surface area (Å²) in [4.78, 5) is 13.9. The lowest BCUT2D eigenvalue weighted by Gasteiger charge is -2.34. The standard InChI is InChI=1S/C18H26N2O3S/c1-4-16-7-5-6-10-19(16)24(22,23)17-8-9-18-15(12-17)11-13(2)20(18)14(3)21/h8-9,12-13,16H,4-7,10-11H2,1-3H3. The Balaban J connectivity index is 1.96. The molecule has 3 rings (SSSR count). The number of hydrogen-bond donors (Lipinski definition) is 0. The average Bonchev–Trinajstić information content (AvgIpc) is 2.89. The summed E-state index contributed by atoms with van der Waals surface area (Å²) in [6.45, 7) is 6.20. The van der Waals surface area contributed by atoms with E-state index >= 15 is 0 Å². The molecule has 24 heavy (non-hydrogen) atoms. The van der Waals surface area contributed by atoms with Crippen LogP contribution in [-0.4, -0.2) is 37.3 Å². The van der Waals surface area contributed by atoms with E-state index in [0.29, 0.717) is 17.9 Å². The molecule has 0 spiro atoms. The molecule has 1 aromatic rings. The van der Waals surface area contributed by atoms with Crippen LogP contribution in [0.25, 0.3) is 0 Å². The molecule has 0 aliphatic carbocycles. The van der Waals surface area contributed by atoms with E-state index in [0.717, 1.165) is 36.9 Å². The van der Waals surface area contributed by atoms with Gasteiger partial charge in [-0.1, -0.05) is 13.3 Å². The van der Waals surface area contributed by atoms with Gasteiger partial charge in [-0.15, -0.1) is 0 Å². The van der Waals surface area contributed by atoms with Gasteiger partial charge >= 0.3 is 0 Å². The first kappa shape index (κ1) is 17.4. The van der Waals surface area contributed by atoms with Gasteiger partial charge in [0.15, 0.2) is 0 Å². The molecule has 6 heteroatoms. The highest BCUT2D eigenvalue weighted by Gasteiger charge is 2.35. The van der Waals surface area contributed by atoms with Crippen LogP contribution in [0.4, 0.5) is 5.69 Å². The average molecular weight is 350 g/mol. The molecule has 2 aliphatic heterocycles. The van der Waals surface area contributed by atoms with Crippen molar-refractivity contribution in [2.75, 3.05) is 11.4 Å². The molecule has 132 valence electrons.